The van der Waals surface area contributed by atoms with Gasteiger partial charge >= 0.3 is 12.0 Å². The van der Waals surface area contributed by atoms with Crippen LogP contribution in [0.1, 0.15) is 46.5 Å². The molecule has 0 aromatic heterocycles. The second kappa shape index (κ2) is 6.07. The highest BCUT2D eigenvalue weighted by Gasteiger charge is 2.37. The minimum atomic E-state index is -0.815. The van der Waals surface area contributed by atoms with Gasteiger partial charge in [0.05, 0.1) is 0 Å². The Morgan fingerprint density at radius 3 is 2.44 bits per heavy atom. The van der Waals surface area contributed by atoms with Crippen LogP contribution in [0.2, 0.25) is 0 Å². The lowest BCUT2D eigenvalue weighted by Gasteiger charge is -2.27. The first kappa shape index (κ1) is 14.8. The van der Waals surface area contributed by atoms with Crippen LogP contribution in [0.3, 0.4) is 0 Å². The summed E-state index contributed by atoms with van der Waals surface area (Å²) in [7, 11) is 0. The van der Waals surface area contributed by atoms with Crippen LogP contribution in [-0.2, 0) is 4.79 Å². The summed E-state index contributed by atoms with van der Waals surface area (Å²) >= 11 is 0. The molecule has 1 rings (SSSR count). The van der Waals surface area contributed by atoms with Gasteiger partial charge in [-0.05, 0) is 38.5 Å². The average molecular weight is 256 g/mol. The zero-order chi connectivity index (χ0) is 13.8. The van der Waals surface area contributed by atoms with Crippen LogP contribution in [-0.4, -0.2) is 41.1 Å². The number of urea groups is 1. The number of hydrogen-bond acceptors (Lipinski definition) is 2. The molecule has 2 N–H and O–H groups in total. The average Bonchev–Trinajstić information content (AvgIpc) is 2.99. The molecule has 0 atom stereocenters. The fourth-order valence-corrected chi connectivity index (χ4v) is 1.78. The molecule has 5 heteroatoms. The van der Waals surface area contributed by atoms with Gasteiger partial charge in [-0.25, -0.2) is 4.79 Å². The topological polar surface area (TPSA) is 69.6 Å². The number of carbonyl (C=O) groups excluding carboxylic acids is 1. The number of amides is 2. The summed E-state index contributed by atoms with van der Waals surface area (Å²) in [6.07, 6.45) is 2.95. The van der Waals surface area contributed by atoms with E-state index in [0.29, 0.717) is 24.9 Å². The van der Waals surface area contributed by atoms with E-state index in [1.54, 1.807) is 4.90 Å². The zero-order valence-electron chi connectivity index (χ0n) is 11.5. The van der Waals surface area contributed by atoms with E-state index in [9.17, 15) is 9.59 Å². The molecule has 1 aliphatic carbocycles. The minimum absolute atomic E-state index is 0.0801. The summed E-state index contributed by atoms with van der Waals surface area (Å²) in [5, 5.41) is 11.5. The third-order valence-electron chi connectivity index (χ3n) is 3.44. The fourth-order valence-electron chi connectivity index (χ4n) is 1.78. The smallest absolute Gasteiger partial charge is 0.317 e. The third kappa shape index (κ3) is 4.94. The van der Waals surface area contributed by atoms with Gasteiger partial charge in [0, 0.05) is 25.6 Å². The van der Waals surface area contributed by atoms with Gasteiger partial charge < -0.3 is 15.3 Å². The van der Waals surface area contributed by atoms with Gasteiger partial charge in [-0.15, -0.1) is 0 Å². The van der Waals surface area contributed by atoms with Crippen LogP contribution >= 0.6 is 0 Å². The summed E-state index contributed by atoms with van der Waals surface area (Å²) in [5.41, 5.74) is 0.291. The number of nitrogens with one attached hydrogen (secondary N) is 1. The van der Waals surface area contributed by atoms with Crippen molar-refractivity contribution in [2.24, 2.45) is 5.41 Å². The summed E-state index contributed by atoms with van der Waals surface area (Å²) < 4.78 is 0. The van der Waals surface area contributed by atoms with Crippen molar-refractivity contribution in [3.05, 3.63) is 0 Å². The van der Waals surface area contributed by atoms with Gasteiger partial charge in [0.2, 0.25) is 0 Å². The van der Waals surface area contributed by atoms with Crippen molar-refractivity contribution in [2.75, 3.05) is 13.1 Å². The zero-order valence-corrected chi connectivity index (χ0v) is 11.5. The van der Waals surface area contributed by atoms with Crippen LogP contribution in [0.15, 0.2) is 0 Å². The standard InChI is InChI=1S/C13H24N2O3/c1-10(2)15(8-4-5-11(16)17)12(18)14-9-13(3)6-7-13/h10H,4-9H2,1-3H3,(H,14,18)(H,16,17). The van der Waals surface area contributed by atoms with Crippen molar-refractivity contribution in [3.63, 3.8) is 0 Å². The van der Waals surface area contributed by atoms with Gasteiger partial charge in [0.15, 0.2) is 0 Å². The van der Waals surface area contributed by atoms with Crippen LogP contribution in [0.4, 0.5) is 4.79 Å². The number of hydrogen-bond donors (Lipinski definition) is 2. The summed E-state index contributed by atoms with van der Waals surface area (Å²) in [6, 6.07) is 0.00863. The highest BCUT2D eigenvalue weighted by atomic mass is 16.4. The van der Waals surface area contributed by atoms with Gasteiger partial charge in [0.25, 0.3) is 0 Å². The van der Waals surface area contributed by atoms with E-state index >= 15 is 0 Å². The second-order valence-electron chi connectivity index (χ2n) is 5.75. The maximum absolute atomic E-state index is 12.0. The number of nitrogens with zero attached hydrogens (tertiary/aromatic N) is 1. The molecule has 1 aliphatic rings. The lowest BCUT2D eigenvalue weighted by Crippen LogP contribution is -2.45. The highest BCUT2D eigenvalue weighted by molar-refractivity contribution is 5.74. The van der Waals surface area contributed by atoms with Crippen molar-refractivity contribution in [3.8, 4) is 0 Å². The normalized spacial score (nSPS) is 16.4. The first-order valence-corrected chi connectivity index (χ1v) is 6.60. The van der Waals surface area contributed by atoms with Gasteiger partial charge in [-0.2, -0.15) is 0 Å². The Balaban J connectivity index is 2.34. The van der Waals surface area contributed by atoms with Gasteiger partial charge in [-0.1, -0.05) is 6.92 Å². The Bertz CT molecular complexity index is 311. The molecule has 0 bridgehead atoms. The summed E-state index contributed by atoms with van der Waals surface area (Å²) in [5.74, 6) is -0.815. The van der Waals surface area contributed by atoms with Crippen molar-refractivity contribution in [1.29, 1.82) is 0 Å². The van der Waals surface area contributed by atoms with E-state index in [1.165, 1.54) is 12.8 Å². The molecule has 5 nitrogen and oxygen atoms in total. The van der Waals surface area contributed by atoms with E-state index in [4.69, 9.17) is 5.11 Å². The molecule has 1 fully saturated rings. The van der Waals surface area contributed by atoms with Crippen molar-refractivity contribution in [2.45, 2.75) is 52.5 Å². The molecule has 0 aromatic rings. The number of carbonyl (C=O) groups is 2. The molecule has 104 valence electrons. The van der Waals surface area contributed by atoms with Crippen molar-refractivity contribution < 1.29 is 14.7 Å². The number of carboxylic acid groups (broad SMARTS) is 1. The first-order chi connectivity index (χ1) is 8.34. The molecule has 0 radical (unpaired) electrons. The van der Waals surface area contributed by atoms with Crippen molar-refractivity contribution >= 4 is 12.0 Å². The van der Waals surface area contributed by atoms with Crippen LogP contribution in [0, 0.1) is 5.41 Å². The van der Waals surface area contributed by atoms with Crippen LogP contribution in [0.5, 0.6) is 0 Å². The van der Waals surface area contributed by atoms with E-state index in [0.717, 1.165) is 0 Å². The molecule has 0 saturated heterocycles. The van der Waals surface area contributed by atoms with Crippen LogP contribution < -0.4 is 5.32 Å². The molecule has 0 spiro atoms. The summed E-state index contributed by atoms with van der Waals surface area (Å²) in [6.45, 7) is 7.26. The Morgan fingerprint density at radius 1 is 1.39 bits per heavy atom. The Morgan fingerprint density at radius 2 is 2.00 bits per heavy atom. The van der Waals surface area contributed by atoms with Gasteiger partial charge in [0.1, 0.15) is 0 Å². The molecular formula is C13H24N2O3. The van der Waals surface area contributed by atoms with Gasteiger partial charge in [-0.3, -0.25) is 4.79 Å². The molecule has 0 unspecified atom stereocenters. The molecule has 18 heavy (non-hydrogen) atoms. The number of aliphatic carboxylic acids is 1. The quantitative estimate of drug-likeness (QED) is 0.732. The molecule has 0 aliphatic heterocycles. The number of rotatable bonds is 7. The predicted octanol–water partition coefficient (Wildman–Crippen LogP) is 2.07. The Kier molecular flexibility index (Phi) is 4.99. The maximum Gasteiger partial charge on any atom is 0.317 e. The SMILES string of the molecule is CC(C)N(CCCC(=O)O)C(=O)NCC1(C)CC1. The largest absolute Gasteiger partial charge is 0.481 e. The molecule has 0 aromatic carbocycles. The monoisotopic (exact) mass is 256 g/mol. The number of carboxylic acids is 1. The third-order valence-corrected chi connectivity index (χ3v) is 3.44. The van der Waals surface area contributed by atoms with E-state index in [-0.39, 0.29) is 18.5 Å². The highest BCUT2D eigenvalue weighted by Crippen LogP contribution is 2.44. The van der Waals surface area contributed by atoms with E-state index < -0.39 is 5.97 Å². The lowest BCUT2D eigenvalue weighted by molar-refractivity contribution is -0.137. The minimum Gasteiger partial charge on any atom is -0.481 e. The fraction of sp³-hybridized carbons (Fsp3) is 0.846. The molecule has 2 amide bonds. The molecule has 0 heterocycles. The molecular weight excluding hydrogens is 232 g/mol. The molecule has 1 saturated carbocycles. The van der Waals surface area contributed by atoms with E-state index in [2.05, 4.69) is 12.2 Å². The first-order valence-electron chi connectivity index (χ1n) is 6.60. The van der Waals surface area contributed by atoms with Crippen LogP contribution in [0.25, 0.3) is 0 Å². The van der Waals surface area contributed by atoms with E-state index in [1.807, 2.05) is 13.8 Å². The Hall–Kier alpha value is -1.26. The Labute approximate surface area is 109 Å². The second-order valence-corrected chi connectivity index (χ2v) is 5.75. The van der Waals surface area contributed by atoms with Crippen molar-refractivity contribution in [1.82, 2.24) is 10.2 Å². The predicted molar refractivity (Wildman–Crippen MR) is 69.5 cm³/mol. The maximum atomic E-state index is 12.0. The lowest BCUT2D eigenvalue weighted by atomic mass is 10.1. The summed E-state index contributed by atoms with van der Waals surface area (Å²) in [4.78, 5) is 24.2.